The van der Waals surface area contributed by atoms with Gasteiger partial charge in [0.1, 0.15) is 5.82 Å². The van der Waals surface area contributed by atoms with E-state index in [9.17, 15) is 4.79 Å². The van der Waals surface area contributed by atoms with Crippen molar-refractivity contribution in [3.63, 3.8) is 0 Å². The average molecular weight is 297 g/mol. The first kappa shape index (κ1) is 14.4. The van der Waals surface area contributed by atoms with E-state index in [-0.39, 0.29) is 11.8 Å². The lowest BCUT2D eigenvalue weighted by atomic mass is 10.1. The molecule has 1 aliphatic heterocycles. The van der Waals surface area contributed by atoms with E-state index >= 15 is 0 Å². The minimum Gasteiger partial charge on any atom is -0.359 e. The van der Waals surface area contributed by atoms with Gasteiger partial charge in [-0.05, 0) is 25.5 Å². The zero-order chi connectivity index (χ0) is 15.5. The van der Waals surface area contributed by atoms with Crippen LogP contribution in [0, 0.1) is 12.8 Å². The number of carbonyl (C=O) groups is 1. The first-order chi connectivity index (χ1) is 10.7. The lowest BCUT2D eigenvalue weighted by molar-refractivity contribution is -0.123. The molecule has 1 saturated heterocycles. The topological polar surface area (TPSA) is 71.0 Å². The number of aryl methyl sites for hydroxylation is 1. The van der Waals surface area contributed by atoms with Gasteiger partial charge in [-0.15, -0.1) is 0 Å². The molecule has 3 rings (SSSR count). The van der Waals surface area contributed by atoms with Crippen molar-refractivity contribution >= 4 is 11.7 Å². The van der Waals surface area contributed by atoms with E-state index in [1.165, 1.54) is 0 Å². The molecule has 1 N–H and O–H groups in total. The molecule has 1 amide bonds. The number of hydrogen-bond donors (Lipinski definition) is 1. The highest BCUT2D eigenvalue weighted by Crippen LogP contribution is 2.25. The van der Waals surface area contributed by atoms with Crippen molar-refractivity contribution in [3.05, 3.63) is 36.3 Å². The van der Waals surface area contributed by atoms with E-state index in [2.05, 4.69) is 25.2 Å². The molecule has 1 fully saturated rings. The fraction of sp³-hybridized carbons (Fsp3) is 0.375. The Hall–Kier alpha value is -2.50. The number of anilines is 1. The smallest absolute Gasteiger partial charge is 0.224 e. The molecule has 0 aromatic carbocycles. The number of hydrogen-bond acceptors (Lipinski definition) is 5. The van der Waals surface area contributed by atoms with Gasteiger partial charge in [-0.25, -0.2) is 9.97 Å². The summed E-state index contributed by atoms with van der Waals surface area (Å²) in [7, 11) is 1.68. The summed E-state index contributed by atoms with van der Waals surface area (Å²) in [5.41, 5.74) is 1.81. The molecule has 22 heavy (non-hydrogen) atoms. The quantitative estimate of drug-likeness (QED) is 0.927. The van der Waals surface area contributed by atoms with Crippen molar-refractivity contribution in [3.8, 4) is 11.4 Å². The predicted molar refractivity (Wildman–Crippen MR) is 84.4 cm³/mol. The molecule has 0 bridgehead atoms. The third-order valence-electron chi connectivity index (χ3n) is 3.89. The third-order valence-corrected chi connectivity index (χ3v) is 3.89. The van der Waals surface area contributed by atoms with Gasteiger partial charge in [0.2, 0.25) is 5.91 Å². The van der Waals surface area contributed by atoms with Crippen molar-refractivity contribution in [2.45, 2.75) is 13.3 Å². The number of pyridine rings is 1. The summed E-state index contributed by atoms with van der Waals surface area (Å²) in [4.78, 5) is 27.2. The van der Waals surface area contributed by atoms with Crippen LogP contribution >= 0.6 is 0 Å². The van der Waals surface area contributed by atoms with Crippen LogP contribution in [-0.4, -0.2) is 41.0 Å². The van der Waals surface area contributed by atoms with Gasteiger partial charge < -0.3 is 10.2 Å². The van der Waals surface area contributed by atoms with Crippen LogP contribution in [0.15, 0.2) is 30.6 Å². The highest BCUT2D eigenvalue weighted by molar-refractivity contribution is 5.79. The van der Waals surface area contributed by atoms with Crippen molar-refractivity contribution in [2.75, 3.05) is 25.0 Å². The summed E-state index contributed by atoms with van der Waals surface area (Å²) in [6, 6.07) is 5.78. The number of nitrogens with zero attached hydrogens (tertiary/aromatic N) is 4. The highest BCUT2D eigenvalue weighted by atomic mass is 16.1. The standard InChI is InChI=1S/C16H19N5O/c1-11-8-14(21-7-5-13(10-21)16(22)17-2)20-15(19-11)12-4-3-6-18-9-12/h3-4,6,8-9,13H,5,7,10H2,1-2H3,(H,17,22). The Balaban J connectivity index is 1.86. The Labute approximate surface area is 129 Å². The Morgan fingerprint density at radius 1 is 1.41 bits per heavy atom. The number of rotatable bonds is 3. The van der Waals surface area contributed by atoms with E-state index in [0.717, 1.165) is 30.0 Å². The van der Waals surface area contributed by atoms with Crippen LogP contribution in [0.4, 0.5) is 5.82 Å². The maximum Gasteiger partial charge on any atom is 0.224 e. The first-order valence-electron chi connectivity index (χ1n) is 7.40. The Morgan fingerprint density at radius 3 is 3.00 bits per heavy atom. The molecule has 3 heterocycles. The van der Waals surface area contributed by atoms with E-state index in [1.807, 2.05) is 25.1 Å². The summed E-state index contributed by atoms with van der Waals surface area (Å²) in [6.45, 7) is 3.49. The molecule has 114 valence electrons. The van der Waals surface area contributed by atoms with Crippen LogP contribution in [0.25, 0.3) is 11.4 Å². The van der Waals surface area contributed by atoms with Gasteiger partial charge in [-0.2, -0.15) is 0 Å². The van der Waals surface area contributed by atoms with Crippen molar-refractivity contribution in [1.82, 2.24) is 20.3 Å². The molecule has 0 aliphatic carbocycles. The Morgan fingerprint density at radius 2 is 2.27 bits per heavy atom. The number of carbonyl (C=O) groups excluding carboxylic acids is 1. The van der Waals surface area contributed by atoms with Gasteiger partial charge in [0.25, 0.3) is 0 Å². The fourth-order valence-electron chi connectivity index (χ4n) is 2.72. The van der Waals surface area contributed by atoms with Crippen molar-refractivity contribution < 1.29 is 4.79 Å². The van der Waals surface area contributed by atoms with Gasteiger partial charge in [-0.1, -0.05) is 0 Å². The maximum atomic E-state index is 11.8. The van der Waals surface area contributed by atoms with Gasteiger partial charge in [0, 0.05) is 49.9 Å². The molecule has 1 aliphatic rings. The van der Waals surface area contributed by atoms with Crippen LogP contribution in [0.5, 0.6) is 0 Å². The van der Waals surface area contributed by atoms with Gasteiger partial charge >= 0.3 is 0 Å². The lowest BCUT2D eigenvalue weighted by Crippen LogP contribution is -2.30. The zero-order valence-corrected chi connectivity index (χ0v) is 12.8. The van der Waals surface area contributed by atoms with Gasteiger partial charge in [-0.3, -0.25) is 9.78 Å². The van der Waals surface area contributed by atoms with Crippen LogP contribution < -0.4 is 10.2 Å². The zero-order valence-electron chi connectivity index (χ0n) is 12.8. The second-order valence-corrected chi connectivity index (χ2v) is 5.48. The van der Waals surface area contributed by atoms with E-state index in [4.69, 9.17) is 0 Å². The van der Waals surface area contributed by atoms with Crippen molar-refractivity contribution in [2.24, 2.45) is 5.92 Å². The van der Waals surface area contributed by atoms with E-state index < -0.39 is 0 Å². The SMILES string of the molecule is CNC(=O)C1CCN(c2cc(C)nc(-c3cccnc3)n2)C1. The van der Waals surface area contributed by atoms with E-state index in [0.29, 0.717) is 12.4 Å². The molecule has 2 aromatic rings. The molecule has 0 saturated carbocycles. The maximum absolute atomic E-state index is 11.8. The molecular weight excluding hydrogens is 278 g/mol. The summed E-state index contributed by atoms with van der Waals surface area (Å²) in [5, 5.41) is 2.72. The van der Waals surface area contributed by atoms with Gasteiger partial charge in [0.15, 0.2) is 5.82 Å². The summed E-state index contributed by atoms with van der Waals surface area (Å²) in [5.74, 6) is 1.67. The van der Waals surface area contributed by atoms with Crippen LogP contribution in [0.2, 0.25) is 0 Å². The second-order valence-electron chi connectivity index (χ2n) is 5.48. The average Bonchev–Trinajstić information content (AvgIpc) is 3.04. The van der Waals surface area contributed by atoms with E-state index in [1.54, 1.807) is 19.4 Å². The molecule has 0 spiro atoms. The normalized spacial score (nSPS) is 17.5. The Bertz CT molecular complexity index is 673. The monoisotopic (exact) mass is 297 g/mol. The summed E-state index contributed by atoms with van der Waals surface area (Å²) in [6.07, 6.45) is 4.34. The fourth-order valence-corrected chi connectivity index (χ4v) is 2.72. The highest BCUT2D eigenvalue weighted by Gasteiger charge is 2.28. The molecule has 6 nitrogen and oxygen atoms in total. The molecule has 0 radical (unpaired) electrons. The van der Waals surface area contributed by atoms with Crippen LogP contribution in [-0.2, 0) is 4.79 Å². The summed E-state index contributed by atoms with van der Waals surface area (Å²) < 4.78 is 0. The minimum absolute atomic E-state index is 0.0297. The predicted octanol–water partition coefficient (Wildman–Crippen LogP) is 1.42. The largest absolute Gasteiger partial charge is 0.359 e. The molecular formula is C16H19N5O. The number of amides is 1. The van der Waals surface area contributed by atoms with Crippen LogP contribution in [0.1, 0.15) is 12.1 Å². The van der Waals surface area contributed by atoms with Gasteiger partial charge in [0.05, 0.1) is 5.92 Å². The number of nitrogens with one attached hydrogen (secondary N) is 1. The summed E-state index contributed by atoms with van der Waals surface area (Å²) >= 11 is 0. The second kappa shape index (κ2) is 6.09. The van der Waals surface area contributed by atoms with Crippen LogP contribution in [0.3, 0.4) is 0 Å². The third kappa shape index (κ3) is 2.90. The molecule has 6 heteroatoms. The minimum atomic E-state index is 0.0297. The Kier molecular flexibility index (Phi) is 4.00. The lowest BCUT2D eigenvalue weighted by Gasteiger charge is -2.18. The molecule has 2 aromatic heterocycles. The van der Waals surface area contributed by atoms with Crippen molar-refractivity contribution in [1.29, 1.82) is 0 Å². The number of aromatic nitrogens is 3. The first-order valence-corrected chi connectivity index (χ1v) is 7.40. The molecule has 1 atom stereocenters. The molecule has 1 unspecified atom stereocenters.